The number of anilines is 1. The quantitative estimate of drug-likeness (QED) is 0.342. The summed E-state index contributed by atoms with van der Waals surface area (Å²) in [5.41, 5.74) is 3.37. The molecule has 0 radical (unpaired) electrons. The maximum atomic E-state index is 13.7. The minimum Gasteiger partial charge on any atom is -0.282 e. The van der Waals surface area contributed by atoms with Crippen molar-refractivity contribution >= 4 is 32.6 Å². The van der Waals surface area contributed by atoms with Crippen molar-refractivity contribution in [3.05, 3.63) is 103 Å². The summed E-state index contributed by atoms with van der Waals surface area (Å²) in [6, 6.07) is 23.9. The predicted molar refractivity (Wildman–Crippen MR) is 125 cm³/mol. The van der Waals surface area contributed by atoms with Crippen molar-refractivity contribution in [3.8, 4) is 11.1 Å². The maximum Gasteiger partial charge on any atom is 0.260 e. The first-order valence-corrected chi connectivity index (χ1v) is 11.0. The van der Waals surface area contributed by atoms with Gasteiger partial charge in [-0.05, 0) is 47.5 Å². The van der Waals surface area contributed by atoms with Crippen LogP contribution in [0.2, 0.25) is 0 Å². The molecular weight excluding hydrogens is 423 g/mol. The maximum absolute atomic E-state index is 13.7. The fourth-order valence-electron chi connectivity index (χ4n) is 3.51. The molecule has 5 rings (SSSR count). The number of carbonyl (C=O) groups is 1. The summed E-state index contributed by atoms with van der Waals surface area (Å²) in [5.74, 6) is -0.477. The number of benzene rings is 3. The zero-order valence-corrected chi connectivity index (χ0v) is 17.9. The highest BCUT2D eigenvalue weighted by molar-refractivity contribution is 7.22. The second-order valence-electron chi connectivity index (χ2n) is 7.28. The van der Waals surface area contributed by atoms with Crippen LogP contribution in [0.5, 0.6) is 0 Å². The van der Waals surface area contributed by atoms with Gasteiger partial charge in [0.05, 0.1) is 16.8 Å². The molecule has 0 spiro atoms. The number of hydrogen-bond donors (Lipinski definition) is 0. The number of nitrogens with zero attached hydrogens (tertiary/aromatic N) is 4. The Morgan fingerprint density at radius 2 is 1.75 bits per heavy atom. The van der Waals surface area contributed by atoms with Crippen molar-refractivity contribution in [3.63, 3.8) is 0 Å². The van der Waals surface area contributed by atoms with Gasteiger partial charge in [-0.2, -0.15) is 5.10 Å². The van der Waals surface area contributed by atoms with Gasteiger partial charge in [0.15, 0.2) is 5.13 Å². The molecule has 0 bridgehead atoms. The van der Waals surface area contributed by atoms with E-state index in [0.29, 0.717) is 34.0 Å². The SMILES string of the molecule is O=C(c1ccc(-c2ccccc2)cc1)N(CCn1cccn1)c1nc2ccc(F)cc2s1. The monoisotopic (exact) mass is 442 g/mol. The fourth-order valence-corrected chi connectivity index (χ4v) is 4.53. The van der Waals surface area contributed by atoms with E-state index in [0.717, 1.165) is 11.1 Å². The third-order valence-corrected chi connectivity index (χ3v) is 6.21. The molecule has 0 aliphatic carbocycles. The predicted octanol–water partition coefficient (Wildman–Crippen LogP) is 5.65. The zero-order valence-electron chi connectivity index (χ0n) is 17.1. The number of amides is 1. The second kappa shape index (κ2) is 8.72. The number of halogens is 1. The van der Waals surface area contributed by atoms with Gasteiger partial charge in [-0.25, -0.2) is 9.37 Å². The first kappa shape index (κ1) is 20.1. The summed E-state index contributed by atoms with van der Waals surface area (Å²) in [6.07, 6.45) is 3.56. The van der Waals surface area contributed by atoms with Crippen LogP contribution in [0.25, 0.3) is 21.3 Å². The van der Waals surface area contributed by atoms with Crippen molar-refractivity contribution in [2.24, 2.45) is 0 Å². The molecule has 7 heteroatoms. The van der Waals surface area contributed by atoms with Crippen LogP contribution >= 0.6 is 11.3 Å². The van der Waals surface area contributed by atoms with Gasteiger partial charge in [-0.15, -0.1) is 0 Å². The third kappa shape index (κ3) is 4.15. The normalized spacial score (nSPS) is 11.0. The van der Waals surface area contributed by atoms with Gasteiger partial charge in [-0.1, -0.05) is 53.8 Å². The molecule has 0 aliphatic rings. The van der Waals surface area contributed by atoms with Gasteiger partial charge >= 0.3 is 0 Å². The van der Waals surface area contributed by atoms with Crippen LogP contribution in [0.1, 0.15) is 10.4 Å². The average Bonchev–Trinajstić information content (AvgIpc) is 3.49. The van der Waals surface area contributed by atoms with E-state index in [9.17, 15) is 9.18 Å². The van der Waals surface area contributed by atoms with Crippen LogP contribution in [0.3, 0.4) is 0 Å². The van der Waals surface area contributed by atoms with Crippen LogP contribution in [0.4, 0.5) is 9.52 Å². The molecule has 2 aromatic heterocycles. The summed E-state index contributed by atoms with van der Waals surface area (Å²) < 4.78 is 16.1. The van der Waals surface area contributed by atoms with E-state index in [1.165, 1.54) is 23.5 Å². The van der Waals surface area contributed by atoms with Crippen LogP contribution in [-0.4, -0.2) is 27.2 Å². The van der Waals surface area contributed by atoms with E-state index in [4.69, 9.17) is 0 Å². The highest BCUT2D eigenvalue weighted by Crippen LogP contribution is 2.30. The molecule has 0 atom stereocenters. The number of thiazole rings is 1. The summed E-state index contributed by atoms with van der Waals surface area (Å²) in [7, 11) is 0. The Morgan fingerprint density at radius 1 is 0.969 bits per heavy atom. The van der Waals surface area contributed by atoms with Crippen LogP contribution in [0.15, 0.2) is 91.3 Å². The average molecular weight is 443 g/mol. The Balaban J connectivity index is 1.46. The number of rotatable bonds is 6. The number of fused-ring (bicyclic) bond motifs is 1. The van der Waals surface area contributed by atoms with Crippen LogP contribution < -0.4 is 4.90 Å². The topological polar surface area (TPSA) is 51.0 Å². The summed E-state index contributed by atoms with van der Waals surface area (Å²) in [5, 5.41) is 4.76. The Morgan fingerprint density at radius 3 is 2.50 bits per heavy atom. The highest BCUT2D eigenvalue weighted by atomic mass is 32.1. The number of hydrogen-bond acceptors (Lipinski definition) is 4. The Kier molecular flexibility index (Phi) is 5.47. The fraction of sp³-hybridized carbons (Fsp3) is 0.0800. The molecule has 0 saturated carbocycles. The smallest absolute Gasteiger partial charge is 0.260 e. The molecule has 0 saturated heterocycles. The summed E-state index contributed by atoms with van der Waals surface area (Å²) in [4.78, 5) is 19.7. The van der Waals surface area contributed by atoms with Crippen molar-refractivity contribution < 1.29 is 9.18 Å². The highest BCUT2D eigenvalue weighted by Gasteiger charge is 2.21. The van der Waals surface area contributed by atoms with Gasteiger partial charge < -0.3 is 0 Å². The molecule has 0 unspecified atom stereocenters. The minimum atomic E-state index is -0.321. The zero-order chi connectivity index (χ0) is 21.9. The van der Waals surface area contributed by atoms with Gasteiger partial charge in [-0.3, -0.25) is 14.4 Å². The number of aromatic nitrogens is 3. The summed E-state index contributed by atoms with van der Waals surface area (Å²) >= 11 is 1.30. The van der Waals surface area contributed by atoms with E-state index < -0.39 is 0 Å². The minimum absolute atomic E-state index is 0.156. The molecule has 1 amide bonds. The van der Waals surface area contributed by atoms with E-state index in [1.54, 1.807) is 21.8 Å². The lowest BCUT2D eigenvalue weighted by Gasteiger charge is -2.20. The lowest BCUT2D eigenvalue weighted by Crippen LogP contribution is -2.34. The molecule has 158 valence electrons. The lowest BCUT2D eigenvalue weighted by atomic mass is 10.0. The second-order valence-corrected chi connectivity index (χ2v) is 8.29. The standard InChI is InChI=1S/C25H19FN4OS/c26-21-11-12-22-23(17-21)32-25(28-22)30(16-15-29-14-4-13-27-29)24(31)20-9-7-19(8-10-20)18-5-2-1-3-6-18/h1-14,17H,15-16H2. The largest absolute Gasteiger partial charge is 0.282 e. The third-order valence-electron chi connectivity index (χ3n) is 5.17. The van der Waals surface area contributed by atoms with Gasteiger partial charge in [0.2, 0.25) is 0 Å². The Labute approximate surface area is 188 Å². The molecule has 2 heterocycles. The molecule has 0 fully saturated rings. The van der Waals surface area contributed by atoms with Crippen molar-refractivity contribution in [2.45, 2.75) is 6.54 Å². The van der Waals surface area contributed by atoms with Crippen molar-refractivity contribution in [2.75, 3.05) is 11.4 Å². The van der Waals surface area contributed by atoms with Crippen LogP contribution in [0, 0.1) is 5.82 Å². The van der Waals surface area contributed by atoms with Crippen molar-refractivity contribution in [1.29, 1.82) is 0 Å². The van der Waals surface area contributed by atoms with E-state index >= 15 is 0 Å². The molecule has 0 aliphatic heterocycles. The van der Waals surface area contributed by atoms with Gasteiger partial charge in [0, 0.05) is 24.5 Å². The van der Waals surface area contributed by atoms with E-state index in [1.807, 2.05) is 66.9 Å². The Hall–Kier alpha value is -3.84. The van der Waals surface area contributed by atoms with E-state index in [-0.39, 0.29) is 11.7 Å². The van der Waals surface area contributed by atoms with Gasteiger partial charge in [0.25, 0.3) is 5.91 Å². The molecule has 5 nitrogen and oxygen atoms in total. The molecule has 3 aromatic carbocycles. The molecule has 32 heavy (non-hydrogen) atoms. The first-order valence-electron chi connectivity index (χ1n) is 10.2. The molecular formula is C25H19FN4OS. The molecule has 5 aromatic rings. The Bertz CT molecular complexity index is 1350. The lowest BCUT2D eigenvalue weighted by molar-refractivity contribution is 0.0986. The van der Waals surface area contributed by atoms with E-state index in [2.05, 4.69) is 10.1 Å². The van der Waals surface area contributed by atoms with Gasteiger partial charge in [0.1, 0.15) is 5.82 Å². The number of carbonyl (C=O) groups excluding carboxylic acids is 1. The van der Waals surface area contributed by atoms with Crippen LogP contribution in [-0.2, 0) is 6.54 Å². The first-order chi connectivity index (χ1) is 15.7. The van der Waals surface area contributed by atoms with Crippen molar-refractivity contribution in [1.82, 2.24) is 14.8 Å². The summed E-state index contributed by atoms with van der Waals surface area (Å²) in [6.45, 7) is 0.911. The molecule has 0 N–H and O–H groups in total.